The number of amides is 1. The smallest absolute Gasteiger partial charge is 0.311 e. The van der Waals surface area contributed by atoms with E-state index in [1.807, 2.05) is 31.2 Å². The lowest BCUT2D eigenvalue weighted by Crippen LogP contribution is -2.48. The summed E-state index contributed by atoms with van der Waals surface area (Å²) in [7, 11) is 0. The van der Waals surface area contributed by atoms with Gasteiger partial charge in [0.25, 0.3) is 0 Å². The van der Waals surface area contributed by atoms with Crippen molar-refractivity contribution in [2.75, 3.05) is 31.1 Å². The first-order chi connectivity index (χ1) is 13.1. The number of hydrogen-bond acceptors (Lipinski definition) is 5. The molecule has 27 heavy (non-hydrogen) atoms. The molecule has 1 aliphatic heterocycles. The fraction of sp³-hybridized carbons (Fsp3) is 0.286. The van der Waals surface area contributed by atoms with E-state index in [0.29, 0.717) is 19.0 Å². The molecule has 0 saturated carbocycles. The largest absolute Gasteiger partial charge is 0.412 e. The molecular weight excluding hydrogens is 340 g/mol. The van der Waals surface area contributed by atoms with Crippen LogP contribution in [0, 0.1) is 13.8 Å². The van der Waals surface area contributed by atoms with Crippen LogP contribution in [0.25, 0.3) is 11.5 Å². The number of rotatable bonds is 3. The number of aryl methyl sites for hydroxylation is 2. The molecule has 6 heteroatoms. The molecule has 1 fully saturated rings. The van der Waals surface area contributed by atoms with Crippen molar-refractivity contribution in [2.24, 2.45) is 0 Å². The molecule has 1 amide bonds. The highest BCUT2D eigenvalue weighted by molar-refractivity contribution is 5.90. The van der Waals surface area contributed by atoms with E-state index in [0.717, 1.165) is 24.2 Å². The molecule has 1 aliphatic rings. The minimum atomic E-state index is -0.204. The summed E-state index contributed by atoms with van der Waals surface area (Å²) >= 11 is 0. The molecular formula is C21H22N4O2. The van der Waals surface area contributed by atoms with Crippen LogP contribution >= 0.6 is 0 Å². The summed E-state index contributed by atoms with van der Waals surface area (Å²) < 4.78 is 5.62. The topological polar surface area (TPSA) is 62.5 Å². The maximum atomic E-state index is 12.7. The van der Waals surface area contributed by atoms with Crippen LogP contribution in [0.15, 0.2) is 52.9 Å². The summed E-state index contributed by atoms with van der Waals surface area (Å²) in [5.41, 5.74) is 4.40. The van der Waals surface area contributed by atoms with Crippen LogP contribution in [0.3, 0.4) is 0 Å². The van der Waals surface area contributed by atoms with Gasteiger partial charge >= 0.3 is 11.8 Å². The Balaban J connectivity index is 1.42. The van der Waals surface area contributed by atoms with Crippen LogP contribution in [0.4, 0.5) is 5.69 Å². The number of anilines is 1. The van der Waals surface area contributed by atoms with Crippen LogP contribution in [-0.4, -0.2) is 47.2 Å². The van der Waals surface area contributed by atoms with Crippen molar-refractivity contribution in [3.63, 3.8) is 0 Å². The van der Waals surface area contributed by atoms with E-state index in [-0.39, 0.29) is 11.8 Å². The van der Waals surface area contributed by atoms with Crippen molar-refractivity contribution in [3.8, 4) is 11.5 Å². The third-order valence-corrected chi connectivity index (χ3v) is 4.84. The summed E-state index contributed by atoms with van der Waals surface area (Å²) in [6.07, 6.45) is 0. The van der Waals surface area contributed by atoms with Crippen LogP contribution in [0.5, 0.6) is 0 Å². The highest BCUT2D eigenvalue weighted by Gasteiger charge is 2.26. The van der Waals surface area contributed by atoms with Gasteiger partial charge in [-0.15, -0.1) is 10.2 Å². The first-order valence-electron chi connectivity index (χ1n) is 9.11. The van der Waals surface area contributed by atoms with Gasteiger partial charge in [-0.25, -0.2) is 0 Å². The molecule has 1 aromatic heterocycles. The molecule has 0 bridgehead atoms. The van der Waals surface area contributed by atoms with Gasteiger partial charge in [0, 0.05) is 37.4 Å². The quantitative estimate of drug-likeness (QED) is 0.715. The van der Waals surface area contributed by atoms with Crippen molar-refractivity contribution in [1.29, 1.82) is 0 Å². The van der Waals surface area contributed by atoms with Crippen LogP contribution < -0.4 is 4.90 Å². The van der Waals surface area contributed by atoms with Crippen molar-refractivity contribution >= 4 is 11.6 Å². The molecule has 6 nitrogen and oxygen atoms in total. The summed E-state index contributed by atoms with van der Waals surface area (Å²) in [6, 6.07) is 16.2. The predicted octanol–water partition coefficient (Wildman–Crippen LogP) is 3.32. The monoisotopic (exact) mass is 362 g/mol. The van der Waals surface area contributed by atoms with Gasteiger partial charge in [-0.2, -0.15) is 0 Å². The number of nitrogens with zero attached hydrogens (tertiary/aromatic N) is 4. The fourth-order valence-corrected chi connectivity index (χ4v) is 3.25. The molecule has 0 atom stereocenters. The number of piperazine rings is 1. The third kappa shape index (κ3) is 3.69. The molecule has 2 heterocycles. The Hall–Kier alpha value is -3.15. The minimum absolute atomic E-state index is 0.0505. The standard InChI is InChI=1S/C21H22N4O2/c1-15-6-8-17(9-7-15)19-22-23-20(27-19)21(26)25-12-10-24(11-13-25)18-5-3-4-16(2)14-18/h3-9,14H,10-13H2,1-2H3. The van der Waals surface area contributed by atoms with E-state index in [1.165, 1.54) is 11.3 Å². The van der Waals surface area contributed by atoms with E-state index in [2.05, 4.69) is 46.3 Å². The molecule has 0 spiro atoms. The summed E-state index contributed by atoms with van der Waals surface area (Å²) in [5, 5.41) is 7.99. The Morgan fingerprint density at radius 3 is 2.37 bits per heavy atom. The average molecular weight is 362 g/mol. The van der Waals surface area contributed by atoms with Crippen LogP contribution in [0.1, 0.15) is 21.8 Å². The van der Waals surface area contributed by atoms with Gasteiger partial charge in [-0.05, 0) is 43.7 Å². The highest BCUT2D eigenvalue weighted by atomic mass is 16.4. The number of benzene rings is 2. The molecule has 0 radical (unpaired) electrons. The molecule has 0 aliphatic carbocycles. The summed E-state index contributed by atoms with van der Waals surface area (Å²) in [6.45, 7) is 6.94. The second-order valence-electron chi connectivity index (χ2n) is 6.90. The Morgan fingerprint density at radius 1 is 0.926 bits per heavy atom. The zero-order valence-electron chi connectivity index (χ0n) is 15.6. The lowest BCUT2D eigenvalue weighted by Gasteiger charge is -2.35. The van der Waals surface area contributed by atoms with Gasteiger partial charge in [0.15, 0.2) is 0 Å². The van der Waals surface area contributed by atoms with Gasteiger partial charge in [-0.1, -0.05) is 29.8 Å². The van der Waals surface area contributed by atoms with Crippen LogP contribution in [0.2, 0.25) is 0 Å². The summed E-state index contributed by atoms with van der Waals surface area (Å²) in [4.78, 5) is 16.8. The highest BCUT2D eigenvalue weighted by Crippen LogP contribution is 2.21. The van der Waals surface area contributed by atoms with E-state index >= 15 is 0 Å². The Morgan fingerprint density at radius 2 is 1.67 bits per heavy atom. The molecule has 138 valence electrons. The van der Waals surface area contributed by atoms with E-state index in [4.69, 9.17) is 4.42 Å². The number of carbonyl (C=O) groups excluding carboxylic acids is 1. The zero-order valence-corrected chi connectivity index (χ0v) is 15.6. The Labute approximate surface area is 158 Å². The van der Waals surface area contributed by atoms with E-state index in [9.17, 15) is 4.79 Å². The zero-order chi connectivity index (χ0) is 18.8. The maximum absolute atomic E-state index is 12.7. The lowest BCUT2D eigenvalue weighted by molar-refractivity contribution is 0.0707. The van der Waals surface area contributed by atoms with Crippen molar-refractivity contribution in [1.82, 2.24) is 15.1 Å². The van der Waals surface area contributed by atoms with Crippen molar-refractivity contribution < 1.29 is 9.21 Å². The lowest BCUT2D eigenvalue weighted by atomic mass is 10.1. The van der Waals surface area contributed by atoms with Crippen LogP contribution in [-0.2, 0) is 0 Å². The van der Waals surface area contributed by atoms with E-state index in [1.54, 1.807) is 4.90 Å². The minimum Gasteiger partial charge on any atom is -0.412 e. The SMILES string of the molecule is Cc1ccc(-c2nnc(C(=O)N3CCN(c4cccc(C)c4)CC3)o2)cc1. The van der Waals surface area contributed by atoms with Crippen molar-refractivity contribution in [3.05, 3.63) is 65.5 Å². The molecule has 3 aromatic rings. The predicted molar refractivity (Wildman–Crippen MR) is 104 cm³/mol. The molecule has 0 N–H and O–H groups in total. The molecule has 1 saturated heterocycles. The second kappa shape index (κ2) is 7.23. The second-order valence-corrected chi connectivity index (χ2v) is 6.90. The fourth-order valence-electron chi connectivity index (χ4n) is 3.25. The van der Waals surface area contributed by atoms with Gasteiger partial charge < -0.3 is 14.2 Å². The Kier molecular flexibility index (Phi) is 4.62. The third-order valence-electron chi connectivity index (χ3n) is 4.84. The number of carbonyl (C=O) groups is 1. The maximum Gasteiger partial charge on any atom is 0.311 e. The molecule has 0 unspecified atom stereocenters. The number of hydrogen-bond donors (Lipinski definition) is 0. The first-order valence-corrected chi connectivity index (χ1v) is 9.11. The average Bonchev–Trinajstić information content (AvgIpc) is 3.18. The van der Waals surface area contributed by atoms with Gasteiger partial charge in [0.05, 0.1) is 0 Å². The summed E-state index contributed by atoms with van der Waals surface area (Å²) in [5.74, 6) is 0.219. The molecule has 4 rings (SSSR count). The molecule has 2 aromatic carbocycles. The van der Waals surface area contributed by atoms with Gasteiger partial charge in [-0.3, -0.25) is 4.79 Å². The van der Waals surface area contributed by atoms with Gasteiger partial charge in [0.1, 0.15) is 0 Å². The number of aromatic nitrogens is 2. The Bertz CT molecular complexity index is 941. The van der Waals surface area contributed by atoms with E-state index < -0.39 is 0 Å². The first kappa shape index (κ1) is 17.3. The van der Waals surface area contributed by atoms with Gasteiger partial charge in [0.2, 0.25) is 5.89 Å². The van der Waals surface area contributed by atoms with Crippen molar-refractivity contribution in [2.45, 2.75) is 13.8 Å². The normalized spacial score (nSPS) is 14.4.